The number of rotatable bonds is 4. The standard InChI is InChI=1S/C19H21N3O3S/c1-20-18(23)17-12-22(15-5-3-4-6-16(15)25-17)19(26)21-11-13-7-9-14(24-2)10-8-13/h3-10,17H,11-12H2,1-2H3,(H,20,23)(H,21,26)/t17-/m0/s1. The van der Waals surface area contributed by atoms with Gasteiger partial charge in [-0.25, -0.2) is 0 Å². The van der Waals surface area contributed by atoms with E-state index in [4.69, 9.17) is 21.7 Å². The van der Waals surface area contributed by atoms with Crippen LogP contribution in [0.2, 0.25) is 0 Å². The lowest BCUT2D eigenvalue weighted by atomic mass is 10.2. The largest absolute Gasteiger partial charge is 0.497 e. The summed E-state index contributed by atoms with van der Waals surface area (Å²) in [5.74, 6) is 1.27. The number of carbonyl (C=O) groups is 1. The van der Waals surface area contributed by atoms with E-state index < -0.39 is 6.10 Å². The highest BCUT2D eigenvalue weighted by molar-refractivity contribution is 7.80. The molecule has 136 valence electrons. The zero-order valence-electron chi connectivity index (χ0n) is 14.7. The van der Waals surface area contributed by atoms with Crippen LogP contribution in [0.25, 0.3) is 0 Å². The van der Waals surface area contributed by atoms with E-state index in [1.807, 2.05) is 53.4 Å². The molecule has 0 aromatic heterocycles. The molecule has 2 aromatic rings. The van der Waals surface area contributed by atoms with Crippen molar-refractivity contribution >= 4 is 28.9 Å². The van der Waals surface area contributed by atoms with E-state index in [0.29, 0.717) is 24.0 Å². The van der Waals surface area contributed by atoms with Crippen LogP contribution in [0.15, 0.2) is 48.5 Å². The third-order valence-electron chi connectivity index (χ3n) is 4.16. The number of fused-ring (bicyclic) bond motifs is 1. The molecule has 0 spiro atoms. The van der Waals surface area contributed by atoms with Gasteiger partial charge >= 0.3 is 0 Å². The highest BCUT2D eigenvalue weighted by Crippen LogP contribution is 2.33. The van der Waals surface area contributed by atoms with Gasteiger partial charge in [0.1, 0.15) is 11.5 Å². The molecule has 1 atom stereocenters. The molecule has 0 saturated carbocycles. The summed E-state index contributed by atoms with van der Waals surface area (Å²) in [6.45, 7) is 0.929. The summed E-state index contributed by atoms with van der Waals surface area (Å²) >= 11 is 5.58. The molecule has 1 heterocycles. The Balaban J connectivity index is 1.73. The number of hydrogen-bond acceptors (Lipinski definition) is 4. The molecule has 0 radical (unpaired) electrons. The first-order valence-corrected chi connectivity index (χ1v) is 8.68. The summed E-state index contributed by atoms with van der Waals surface area (Å²) in [4.78, 5) is 13.9. The van der Waals surface area contributed by atoms with Crippen LogP contribution in [-0.4, -0.2) is 37.8 Å². The first kappa shape index (κ1) is 18.0. The molecule has 0 bridgehead atoms. The average Bonchev–Trinajstić information content (AvgIpc) is 2.70. The number of nitrogens with zero attached hydrogens (tertiary/aromatic N) is 1. The molecular weight excluding hydrogens is 350 g/mol. The molecule has 1 amide bonds. The lowest BCUT2D eigenvalue weighted by Gasteiger charge is -2.35. The van der Waals surface area contributed by atoms with Gasteiger partial charge in [0.15, 0.2) is 11.2 Å². The first-order chi connectivity index (χ1) is 12.6. The van der Waals surface area contributed by atoms with Crippen molar-refractivity contribution in [3.05, 3.63) is 54.1 Å². The molecule has 26 heavy (non-hydrogen) atoms. The maximum absolute atomic E-state index is 12.0. The van der Waals surface area contributed by atoms with Crippen LogP contribution in [0.3, 0.4) is 0 Å². The van der Waals surface area contributed by atoms with Gasteiger partial charge in [0.25, 0.3) is 5.91 Å². The number of para-hydroxylation sites is 2. The van der Waals surface area contributed by atoms with E-state index in [1.165, 1.54) is 0 Å². The number of ether oxygens (including phenoxy) is 2. The number of thiocarbonyl (C=S) groups is 1. The summed E-state index contributed by atoms with van der Waals surface area (Å²) in [7, 11) is 3.23. The number of likely N-dealkylation sites (N-methyl/N-ethyl adjacent to an activating group) is 1. The predicted octanol–water partition coefficient (Wildman–Crippen LogP) is 2.08. The molecule has 0 fully saturated rings. The highest BCUT2D eigenvalue weighted by atomic mass is 32.1. The zero-order chi connectivity index (χ0) is 18.5. The van der Waals surface area contributed by atoms with Gasteiger partial charge in [-0.2, -0.15) is 0 Å². The Bertz CT molecular complexity index is 795. The molecule has 7 heteroatoms. The lowest BCUT2D eigenvalue weighted by molar-refractivity contribution is -0.127. The Morgan fingerprint density at radius 2 is 2.00 bits per heavy atom. The minimum absolute atomic E-state index is 0.178. The Morgan fingerprint density at radius 1 is 1.27 bits per heavy atom. The Hall–Kier alpha value is -2.80. The second kappa shape index (κ2) is 8.05. The Kier molecular flexibility index (Phi) is 5.58. The van der Waals surface area contributed by atoms with Gasteiger partial charge < -0.3 is 25.0 Å². The Morgan fingerprint density at radius 3 is 2.69 bits per heavy atom. The molecule has 6 nitrogen and oxygen atoms in total. The van der Waals surface area contributed by atoms with Gasteiger partial charge in [0, 0.05) is 13.6 Å². The molecule has 1 aliphatic rings. The normalized spacial score (nSPS) is 15.5. The fraction of sp³-hybridized carbons (Fsp3) is 0.263. The van der Waals surface area contributed by atoms with Crippen molar-refractivity contribution < 1.29 is 14.3 Å². The SMILES string of the molecule is CNC(=O)[C@@H]1CN(C(=S)NCc2ccc(OC)cc2)c2ccccc2O1. The fourth-order valence-electron chi connectivity index (χ4n) is 2.74. The smallest absolute Gasteiger partial charge is 0.262 e. The lowest BCUT2D eigenvalue weighted by Crippen LogP contribution is -2.52. The summed E-state index contributed by atoms with van der Waals surface area (Å²) < 4.78 is 11.0. The number of nitrogens with one attached hydrogen (secondary N) is 2. The minimum Gasteiger partial charge on any atom is -0.497 e. The van der Waals surface area contributed by atoms with E-state index in [9.17, 15) is 4.79 Å². The van der Waals surface area contributed by atoms with Gasteiger partial charge in [0.05, 0.1) is 19.3 Å². The number of hydrogen-bond donors (Lipinski definition) is 2. The van der Waals surface area contributed by atoms with Crippen molar-refractivity contribution in [3.8, 4) is 11.5 Å². The molecule has 0 unspecified atom stereocenters. The monoisotopic (exact) mass is 371 g/mol. The quantitative estimate of drug-likeness (QED) is 0.803. The van der Waals surface area contributed by atoms with Gasteiger partial charge in [-0.15, -0.1) is 0 Å². The van der Waals surface area contributed by atoms with Crippen molar-refractivity contribution in [3.63, 3.8) is 0 Å². The van der Waals surface area contributed by atoms with E-state index in [1.54, 1.807) is 14.2 Å². The Labute approximate surface area is 158 Å². The zero-order valence-corrected chi connectivity index (χ0v) is 15.5. The second-order valence-electron chi connectivity index (χ2n) is 5.81. The highest BCUT2D eigenvalue weighted by Gasteiger charge is 2.31. The summed E-state index contributed by atoms with van der Waals surface area (Å²) in [6, 6.07) is 15.3. The molecular formula is C19H21N3O3S. The van der Waals surface area contributed by atoms with Crippen molar-refractivity contribution in [2.45, 2.75) is 12.6 Å². The topological polar surface area (TPSA) is 62.8 Å². The minimum atomic E-state index is -0.615. The number of carbonyl (C=O) groups excluding carboxylic acids is 1. The average molecular weight is 371 g/mol. The van der Waals surface area contributed by atoms with Crippen LogP contribution in [0, 0.1) is 0 Å². The van der Waals surface area contributed by atoms with Gasteiger partial charge in [-0.3, -0.25) is 4.79 Å². The molecule has 1 aliphatic heterocycles. The van der Waals surface area contributed by atoms with Crippen molar-refractivity contribution in [2.75, 3.05) is 25.6 Å². The third kappa shape index (κ3) is 3.88. The summed E-state index contributed by atoms with van der Waals surface area (Å²) in [5.41, 5.74) is 1.93. The molecule has 0 saturated heterocycles. The van der Waals surface area contributed by atoms with E-state index >= 15 is 0 Å². The van der Waals surface area contributed by atoms with Crippen LogP contribution in [-0.2, 0) is 11.3 Å². The van der Waals surface area contributed by atoms with Gasteiger partial charge in [-0.1, -0.05) is 24.3 Å². The first-order valence-electron chi connectivity index (χ1n) is 8.28. The van der Waals surface area contributed by atoms with Crippen molar-refractivity contribution in [1.29, 1.82) is 0 Å². The summed E-state index contributed by atoms with van der Waals surface area (Å²) in [6.07, 6.45) is -0.615. The van der Waals surface area contributed by atoms with Crippen molar-refractivity contribution in [2.24, 2.45) is 0 Å². The predicted molar refractivity (Wildman–Crippen MR) is 105 cm³/mol. The molecule has 2 aromatic carbocycles. The number of benzene rings is 2. The number of methoxy groups -OCH3 is 1. The van der Waals surface area contributed by atoms with Crippen LogP contribution in [0.1, 0.15) is 5.56 Å². The van der Waals surface area contributed by atoms with Gasteiger partial charge in [0.2, 0.25) is 0 Å². The van der Waals surface area contributed by atoms with Crippen LogP contribution in [0.5, 0.6) is 11.5 Å². The van der Waals surface area contributed by atoms with E-state index in [2.05, 4.69) is 10.6 Å². The second-order valence-corrected chi connectivity index (χ2v) is 6.19. The van der Waals surface area contributed by atoms with Gasteiger partial charge in [-0.05, 0) is 42.0 Å². The van der Waals surface area contributed by atoms with Crippen LogP contribution in [0.4, 0.5) is 5.69 Å². The third-order valence-corrected chi connectivity index (χ3v) is 4.53. The maximum Gasteiger partial charge on any atom is 0.262 e. The van der Waals surface area contributed by atoms with Crippen molar-refractivity contribution in [1.82, 2.24) is 10.6 Å². The molecule has 0 aliphatic carbocycles. The molecule has 2 N–H and O–H groups in total. The van der Waals surface area contributed by atoms with Crippen LogP contribution >= 0.6 is 12.2 Å². The van der Waals surface area contributed by atoms with E-state index in [0.717, 1.165) is 17.0 Å². The maximum atomic E-state index is 12.0. The fourth-order valence-corrected chi connectivity index (χ4v) is 2.99. The summed E-state index contributed by atoms with van der Waals surface area (Å²) in [5, 5.41) is 6.43. The van der Waals surface area contributed by atoms with Crippen LogP contribution < -0.4 is 25.0 Å². The van der Waals surface area contributed by atoms with E-state index in [-0.39, 0.29) is 5.91 Å². The molecule has 3 rings (SSSR count). The number of amides is 1. The number of anilines is 1.